The Morgan fingerprint density at radius 2 is 1.66 bits per heavy atom. The highest BCUT2D eigenvalue weighted by atomic mass is 16.5. The number of benzene rings is 1. The van der Waals surface area contributed by atoms with E-state index in [-0.39, 0.29) is 23.7 Å². The van der Waals surface area contributed by atoms with E-state index >= 15 is 0 Å². The number of ether oxygens (including phenoxy) is 2. The minimum Gasteiger partial charge on any atom is -0.477 e. The van der Waals surface area contributed by atoms with Crippen molar-refractivity contribution in [1.29, 1.82) is 0 Å². The monoisotopic (exact) mass is 516 g/mol. The van der Waals surface area contributed by atoms with Crippen LogP contribution in [0.25, 0.3) is 11.0 Å². The molecule has 0 radical (unpaired) electrons. The van der Waals surface area contributed by atoms with E-state index in [9.17, 15) is 9.59 Å². The number of fused-ring (bicyclic) bond motifs is 2. The third kappa shape index (κ3) is 4.51. The molecule has 4 fully saturated rings. The van der Waals surface area contributed by atoms with Crippen LogP contribution in [0.2, 0.25) is 0 Å². The summed E-state index contributed by atoms with van der Waals surface area (Å²) in [6, 6.07) is 7.45. The van der Waals surface area contributed by atoms with Gasteiger partial charge < -0.3 is 19.3 Å². The van der Waals surface area contributed by atoms with Crippen molar-refractivity contribution >= 4 is 22.8 Å². The number of aromatic amines is 1. The predicted octanol–water partition coefficient (Wildman–Crippen LogP) is 2.88. The van der Waals surface area contributed by atoms with Crippen molar-refractivity contribution in [1.82, 2.24) is 30.2 Å². The van der Waals surface area contributed by atoms with Crippen LogP contribution in [0, 0.1) is 17.8 Å². The molecule has 198 valence electrons. The van der Waals surface area contributed by atoms with E-state index in [0.29, 0.717) is 67.1 Å². The number of nitrogens with zero attached hydrogens (tertiary/aromatic N) is 5. The standard InChI is InChI=1S/C28H32N6O4/c35-27(19-3-4-24-25(10-19)31-32-30-24)33-12-21-14-34(15-22(21)13-33)28(36)20-9-23(18-1-2-18)26(29-11-20)38-16-17-5-7-37-8-6-17/h3-4,9-11,17-18,21-22H,1-2,5-8,12-16H2,(H,30,31,32)/t21-,22-/m0/s1. The highest BCUT2D eigenvalue weighted by Crippen LogP contribution is 2.44. The number of amides is 2. The summed E-state index contributed by atoms with van der Waals surface area (Å²) in [5, 5.41) is 10.6. The second kappa shape index (κ2) is 9.65. The third-order valence-electron chi connectivity index (χ3n) is 8.57. The van der Waals surface area contributed by atoms with Crippen LogP contribution in [0.3, 0.4) is 0 Å². The Labute approximate surface area is 220 Å². The van der Waals surface area contributed by atoms with Crippen LogP contribution < -0.4 is 4.74 Å². The first-order valence-corrected chi connectivity index (χ1v) is 13.7. The quantitative estimate of drug-likeness (QED) is 0.536. The molecule has 1 N–H and O–H groups in total. The Kier molecular flexibility index (Phi) is 5.99. The molecule has 0 spiro atoms. The third-order valence-corrected chi connectivity index (χ3v) is 8.57. The van der Waals surface area contributed by atoms with Crippen molar-refractivity contribution in [3.63, 3.8) is 0 Å². The fourth-order valence-corrected chi connectivity index (χ4v) is 6.17. The maximum absolute atomic E-state index is 13.5. The first kappa shape index (κ1) is 23.6. The van der Waals surface area contributed by atoms with E-state index in [1.54, 1.807) is 12.3 Å². The van der Waals surface area contributed by atoms with Gasteiger partial charge in [0.2, 0.25) is 5.88 Å². The number of carbonyl (C=O) groups is 2. The molecule has 1 aliphatic carbocycles. The molecule has 1 saturated carbocycles. The second-order valence-electron chi connectivity index (χ2n) is 11.2. The number of pyridine rings is 1. The summed E-state index contributed by atoms with van der Waals surface area (Å²) >= 11 is 0. The van der Waals surface area contributed by atoms with Gasteiger partial charge in [-0.1, -0.05) is 5.21 Å². The van der Waals surface area contributed by atoms with Gasteiger partial charge in [-0.3, -0.25) is 14.7 Å². The Hall–Kier alpha value is -3.53. The summed E-state index contributed by atoms with van der Waals surface area (Å²) in [4.78, 5) is 35.1. The smallest absolute Gasteiger partial charge is 0.255 e. The minimum atomic E-state index is 0.0109. The normalized spacial score (nSPS) is 23.7. The van der Waals surface area contributed by atoms with Crippen LogP contribution in [-0.2, 0) is 4.74 Å². The molecule has 3 aromatic rings. The average molecular weight is 517 g/mol. The molecule has 7 rings (SSSR count). The van der Waals surface area contributed by atoms with E-state index < -0.39 is 0 Å². The summed E-state index contributed by atoms with van der Waals surface area (Å²) in [6.45, 7) is 4.90. The number of rotatable bonds is 6. The van der Waals surface area contributed by atoms with Gasteiger partial charge in [-0.05, 0) is 61.8 Å². The van der Waals surface area contributed by atoms with Crippen molar-refractivity contribution in [3.05, 3.63) is 47.2 Å². The first-order chi connectivity index (χ1) is 18.6. The molecular formula is C28H32N6O4. The van der Waals surface area contributed by atoms with Crippen molar-refractivity contribution in [2.75, 3.05) is 46.0 Å². The molecule has 10 nitrogen and oxygen atoms in total. The van der Waals surface area contributed by atoms with Gasteiger partial charge in [-0.25, -0.2) is 4.98 Å². The summed E-state index contributed by atoms with van der Waals surface area (Å²) in [6.07, 6.45) is 5.96. The van der Waals surface area contributed by atoms with E-state index in [1.165, 1.54) is 0 Å². The number of hydrogen-bond donors (Lipinski definition) is 1. The number of carbonyl (C=O) groups excluding carboxylic acids is 2. The molecule has 10 heteroatoms. The van der Waals surface area contributed by atoms with Crippen molar-refractivity contribution in [3.8, 4) is 5.88 Å². The van der Waals surface area contributed by atoms with Crippen LogP contribution in [-0.4, -0.2) is 88.0 Å². The molecule has 3 aliphatic heterocycles. The van der Waals surface area contributed by atoms with Crippen molar-refractivity contribution in [2.45, 2.75) is 31.6 Å². The summed E-state index contributed by atoms with van der Waals surface area (Å²) < 4.78 is 11.6. The van der Waals surface area contributed by atoms with Gasteiger partial charge in [0, 0.05) is 68.6 Å². The van der Waals surface area contributed by atoms with Gasteiger partial charge >= 0.3 is 0 Å². The molecular weight excluding hydrogens is 484 g/mol. The highest BCUT2D eigenvalue weighted by molar-refractivity contribution is 5.97. The van der Waals surface area contributed by atoms with E-state index in [2.05, 4.69) is 20.4 Å². The van der Waals surface area contributed by atoms with Crippen molar-refractivity contribution < 1.29 is 19.1 Å². The van der Waals surface area contributed by atoms with Crippen molar-refractivity contribution in [2.24, 2.45) is 17.8 Å². The summed E-state index contributed by atoms with van der Waals surface area (Å²) in [5.74, 6) is 2.24. The highest BCUT2D eigenvalue weighted by Gasteiger charge is 2.43. The van der Waals surface area contributed by atoms with Gasteiger partial charge in [0.15, 0.2) is 0 Å². The van der Waals surface area contributed by atoms with E-state index in [4.69, 9.17) is 9.47 Å². The van der Waals surface area contributed by atoms with Gasteiger partial charge in [-0.2, -0.15) is 0 Å². The van der Waals surface area contributed by atoms with Crippen LogP contribution in [0.1, 0.15) is 57.9 Å². The lowest BCUT2D eigenvalue weighted by atomic mass is 10.0. The Balaban J connectivity index is 0.989. The van der Waals surface area contributed by atoms with E-state index in [0.717, 1.165) is 50.0 Å². The number of aromatic nitrogens is 4. The SMILES string of the molecule is O=C(c1cnc(OCC2CCOCC2)c(C2CC2)c1)N1C[C@@H]2CN(C(=O)c3ccc4[nH]nnc4c3)C[C@H]2C1. The van der Waals surface area contributed by atoms with Crippen LogP contribution in [0.15, 0.2) is 30.5 Å². The average Bonchev–Trinajstić information content (AvgIpc) is 3.36. The summed E-state index contributed by atoms with van der Waals surface area (Å²) in [5.41, 5.74) is 3.83. The Bertz CT molecular complexity index is 1350. The predicted molar refractivity (Wildman–Crippen MR) is 138 cm³/mol. The fraction of sp³-hybridized carbons (Fsp3) is 0.536. The van der Waals surface area contributed by atoms with Gasteiger partial charge in [0.05, 0.1) is 17.7 Å². The zero-order chi connectivity index (χ0) is 25.6. The molecule has 2 aromatic heterocycles. The van der Waals surface area contributed by atoms with Gasteiger partial charge in [-0.15, -0.1) is 5.10 Å². The molecule has 5 heterocycles. The van der Waals surface area contributed by atoms with Gasteiger partial charge in [0.25, 0.3) is 11.8 Å². The second-order valence-corrected chi connectivity index (χ2v) is 11.2. The first-order valence-electron chi connectivity index (χ1n) is 13.7. The minimum absolute atomic E-state index is 0.0109. The molecule has 0 bridgehead atoms. The maximum atomic E-state index is 13.5. The molecule has 2 amide bonds. The maximum Gasteiger partial charge on any atom is 0.255 e. The summed E-state index contributed by atoms with van der Waals surface area (Å²) in [7, 11) is 0. The fourth-order valence-electron chi connectivity index (χ4n) is 6.17. The molecule has 4 aliphatic rings. The molecule has 0 unspecified atom stereocenters. The number of likely N-dealkylation sites (tertiary alicyclic amines) is 2. The Morgan fingerprint density at radius 1 is 0.947 bits per heavy atom. The Morgan fingerprint density at radius 3 is 2.37 bits per heavy atom. The molecule has 1 aromatic carbocycles. The molecule has 38 heavy (non-hydrogen) atoms. The molecule has 3 saturated heterocycles. The number of H-pyrrole nitrogens is 1. The van der Waals surface area contributed by atoms with Crippen LogP contribution >= 0.6 is 0 Å². The lowest BCUT2D eigenvalue weighted by Crippen LogP contribution is -2.35. The molecule has 2 atom stereocenters. The van der Waals surface area contributed by atoms with Crippen LogP contribution in [0.4, 0.5) is 0 Å². The zero-order valence-corrected chi connectivity index (χ0v) is 21.3. The largest absolute Gasteiger partial charge is 0.477 e. The topological polar surface area (TPSA) is 114 Å². The lowest BCUT2D eigenvalue weighted by molar-refractivity contribution is 0.0488. The number of nitrogens with one attached hydrogen (secondary N) is 1. The lowest BCUT2D eigenvalue weighted by Gasteiger charge is -2.23. The van der Waals surface area contributed by atoms with Gasteiger partial charge in [0.1, 0.15) is 5.52 Å². The van der Waals surface area contributed by atoms with E-state index in [1.807, 2.05) is 28.0 Å². The van der Waals surface area contributed by atoms with Crippen LogP contribution in [0.5, 0.6) is 5.88 Å². The number of hydrogen-bond acceptors (Lipinski definition) is 7. The zero-order valence-electron chi connectivity index (χ0n) is 21.3.